The highest BCUT2D eigenvalue weighted by Crippen LogP contribution is 2.18. The van der Waals surface area contributed by atoms with Crippen LogP contribution < -0.4 is 5.32 Å². The Morgan fingerprint density at radius 3 is 2.56 bits per heavy atom. The maximum absolute atomic E-state index is 11.3. The van der Waals surface area contributed by atoms with Crippen molar-refractivity contribution in [3.05, 3.63) is 11.1 Å². The molecule has 0 radical (unpaired) electrons. The predicted molar refractivity (Wildman–Crippen MR) is 62.2 cm³/mol. The zero-order valence-electron chi connectivity index (χ0n) is 9.04. The number of hydrogen-bond donors (Lipinski definition) is 1. The molecule has 1 N–H and O–H groups in total. The smallest absolute Gasteiger partial charge is 0.413 e. The highest BCUT2D eigenvalue weighted by Gasteiger charge is 2.17. The van der Waals surface area contributed by atoms with Gasteiger partial charge in [-0.05, 0) is 32.4 Å². The number of nitrogens with zero attached hydrogens (tertiary/aromatic N) is 1. The summed E-state index contributed by atoms with van der Waals surface area (Å²) >= 11 is 6.32. The van der Waals surface area contributed by atoms with Gasteiger partial charge in [-0.15, -0.1) is 11.3 Å². The first kappa shape index (κ1) is 12.9. The van der Waals surface area contributed by atoms with Crippen LogP contribution >= 0.6 is 22.9 Å². The summed E-state index contributed by atoms with van der Waals surface area (Å²) in [4.78, 5) is 25.9. The fourth-order valence-electron chi connectivity index (χ4n) is 0.812. The molecule has 0 atom stereocenters. The quantitative estimate of drug-likeness (QED) is 0.832. The molecule has 0 aliphatic heterocycles. The van der Waals surface area contributed by atoms with Gasteiger partial charge in [0.2, 0.25) is 0 Å². The van der Waals surface area contributed by atoms with Crippen LogP contribution in [0.25, 0.3) is 0 Å². The first-order valence-electron chi connectivity index (χ1n) is 4.43. The van der Waals surface area contributed by atoms with E-state index in [0.29, 0.717) is 0 Å². The van der Waals surface area contributed by atoms with Crippen molar-refractivity contribution in [3.8, 4) is 0 Å². The van der Waals surface area contributed by atoms with E-state index in [9.17, 15) is 9.59 Å². The fourth-order valence-corrected chi connectivity index (χ4v) is 1.65. The molecule has 0 aromatic carbocycles. The third-order valence-corrected chi connectivity index (χ3v) is 2.26. The van der Waals surface area contributed by atoms with Gasteiger partial charge in [-0.25, -0.2) is 9.78 Å². The number of carbonyl (C=O) groups excluding carboxylic acids is 2. The molecule has 7 heteroatoms. The van der Waals surface area contributed by atoms with E-state index < -0.39 is 16.9 Å². The molecule has 0 spiro atoms. The molecule has 1 heterocycles. The number of nitrogens with one attached hydrogen (secondary N) is 1. The van der Waals surface area contributed by atoms with Crippen LogP contribution in [0.15, 0.2) is 5.38 Å². The van der Waals surface area contributed by atoms with Crippen LogP contribution in [0.2, 0.25) is 0 Å². The van der Waals surface area contributed by atoms with Crippen molar-refractivity contribution in [2.75, 3.05) is 5.32 Å². The van der Waals surface area contributed by atoms with E-state index in [0.717, 1.165) is 11.3 Å². The Morgan fingerprint density at radius 1 is 1.50 bits per heavy atom. The van der Waals surface area contributed by atoms with E-state index in [1.54, 1.807) is 20.8 Å². The van der Waals surface area contributed by atoms with Crippen molar-refractivity contribution >= 4 is 39.4 Å². The van der Waals surface area contributed by atoms with E-state index in [2.05, 4.69) is 10.3 Å². The number of amides is 1. The second-order valence-corrected chi connectivity index (χ2v) is 5.14. The molecule has 0 aliphatic rings. The minimum absolute atomic E-state index is 0.109. The average Bonchev–Trinajstić information content (AvgIpc) is 2.48. The number of anilines is 1. The molecule has 0 unspecified atom stereocenters. The Hall–Kier alpha value is -1.14. The topological polar surface area (TPSA) is 68.3 Å². The van der Waals surface area contributed by atoms with Crippen molar-refractivity contribution < 1.29 is 14.3 Å². The maximum atomic E-state index is 11.3. The van der Waals surface area contributed by atoms with E-state index in [4.69, 9.17) is 16.3 Å². The second-order valence-electron chi connectivity index (χ2n) is 3.94. The Labute approximate surface area is 102 Å². The highest BCUT2D eigenvalue weighted by molar-refractivity contribution is 7.14. The second kappa shape index (κ2) is 4.80. The third kappa shape index (κ3) is 4.16. The summed E-state index contributed by atoms with van der Waals surface area (Å²) in [7, 11) is 0. The summed E-state index contributed by atoms with van der Waals surface area (Å²) in [5, 5.41) is 3.49. The molecule has 1 aromatic rings. The van der Waals surface area contributed by atoms with Crippen molar-refractivity contribution in [2.24, 2.45) is 0 Å². The predicted octanol–water partition coefficient (Wildman–Crippen LogP) is 2.87. The Morgan fingerprint density at radius 2 is 2.12 bits per heavy atom. The summed E-state index contributed by atoms with van der Waals surface area (Å²) in [6, 6.07) is 0. The molecule has 1 amide bonds. The van der Waals surface area contributed by atoms with Gasteiger partial charge in [0.25, 0.3) is 5.24 Å². The van der Waals surface area contributed by atoms with Gasteiger partial charge in [0.1, 0.15) is 11.3 Å². The Kier molecular flexibility index (Phi) is 3.88. The van der Waals surface area contributed by atoms with Gasteiger partial charge in [-0.3, -0.25) is 10.1 Å². The van der Waals surface area contributed by atoms with E-state index >= 15 is 0 Å². The van der Waals surface area contributed by atoms with E-state index in [-0.39, 0.29) is 10.8 Å². The Balaban J connectivity index is 2.60. The van der Waals surface area contributed by atoms with Gasteiger partial charge in [0.15, 0.2) is 5.13 Å². The zero-order chi connectivity index (χ0) is 12.3. The molecule has 1 aromatic heterocycles. The number of ether oxygens (including phenoxy) is 1. The summed E-state index contributed by atoms with van der Waals surface area (Å²) in [5.74, 6) is 0. The van der Waals surface area contributed by atoms with Crippen LogP contribution in [-0.4, -0.2) is 21.9 Å². The van der Waals surface area contributed by atoms with Crippen LogP contribution in [0.3, 0.4) is 0 Å². The number of carbonyl (C=O) groups is 2. The molecular weight excluding hydrogens is 252 g/mol. The number of aromatic nitrogens is 1. The lowest BCUT2D eigenvalue weighted by Crippen LogP contribution is -2.27. The first-order chi connectivity index (χ1) is 7.28. The molecule has 0 bridgehead atoms. The van der Waals surface area contributed by atoms with Crippen LogP contribution in [0, 0.1) is 0 Å². The number of thiazole rings is 1. The molecular formula is C9H11ClN2O3S. The molecule has 1 rings (SSSR count). The minimum Gasteiger partial charge on any atom is -0.444 e. The van der Waals surface area contributed by atoms with Crippen LogP contribution in [0.4, 0.5) is 9.93 Å². The number of rotatable bonds is 2. The fraction of sp³-hybridized carbons (Fsp3) is 0.444. The normalized spacial score (nSPS) is 11.0. The van der Waals surface area contributed by atoms with Crippen molar-refractivity contribution in [1.82, 2.24) is 4.98 Å². The summed E-state index contributed by atoms with van der Waals surface area (Å²) in [5.41, 5.74) is -0.468. The van der Waals surface area contributed by atoms with Gasteiger partial charge in [-0.2, -0.15) is 0 Å². The van der Waals surface area contributed by atoms with Gasteiger partial charge < -0.3 is 4.74 Å². The maximum Gasteiger partial charge on any atom is 0.413 e. The van der Waals surface area contributed by atoms with E-state index in [1.165, 1.54) is 5.38 Å². The number of halogens is 1. The highest BCUT2D eigenvalue weighted by atomic mass is 35.5. The Bertz CT molecular complexity index is 411. The largest absolute Gasteiger partial charge is 0.444 e. The molecule has 88 valence electrons. The SMILES string of the molecule is CC(C)(C)OC(=O)Nc1nc(C(=O)Cl)cs1. The van der Waals surface area contributed by atoms with E-state index in [1.807, 2.05) is 0 Å². The van der Waals surface area contributed by atoms with Crippen LogP contribution in [0.5, 0.6) is 0 Å². The number of hydrogen-bond acceptors (Lipinski definition) is 5. The van der Waals surface area contributed by atoms with Crippen LogP contribution in [-0.2, 0) is 4.74 Å². The van der Waals surface area contributed by atoms with Crippen molar-refractivity contribution in [2.45, 2.75) is 26.4 Å². The molecule has 0 saturated carbocycles. The lowest BCUT2D eigenvalue weighted by molar-refractivity contribution is 0.0635. The molecule has 16 heavy (non-hydrogen) atoms. The van der Waals surface area contributed by atoms with Crippen molar-refractivity contribution in [3.63, 3.8) is 0 Å². The third-order valence-electron chi connectivity index (χ3n) is 1.31. The first-order valence-corrected chi connectivity index (χ1v) is 5.69. The van der Waals surface area contributed by atoms with Crippen LogP contribution in [0.1, 0.15) is 31.3 Å². The standard InChI is InChI=1S/C9H11ClN2O3S/c1-9(2,3)15-8(14)12-7-11-5(4-16-7)6(10)13/h4H,1-3H3,(H,11,12,14). The summed E-state index contributed by atoms with van der Waals surface area (Å²) < 4.78 is 5.01. The van der Waals surface area contributed by atoms with Gasteiger partial charge in [0.05, 0.1) is 0 Å². The molecule has 0 fully saturated rings. The zero-order valence-corrected chi connectivity index (χ0v) is 10.6. The lowest BCUT2D eigenvalue weighted by atomic mass is 10.2. The van der Waals surface area contributed by atoms with Crippen molar-refractivity contribution in [1.29, 1.82) is 0 Å². The summed E-state index contributed by atoms with van der Waals surface area (Å²) in [6.45, 7) is 5.26. The minimum atomic E-state index is -0.659. The molecule has 0 saturated heterocycles. The average molecular weight is 263 g/mol. The molecule has 5 nitrogen and oxygen atoms in total. The molecule has 0 aliphatic carbocycles. The van der Waals surface area contributed by atoms with Gasteiger partial charge in [0, 0.05) is 5.38 Å². The van der Waals surface area contributed by atoms with Gasteiger partial charge >= 0.3 is 6.09 Å². The van der Waals surface area contributed by atoms with Gasteiger partial charge in [-0.1, -0.05) is 0 Å². The summed E-state index contributed by atoms with van der Waals surface area (Å²) in [6.07, 6.45) is -0.615. The lowest BCUT2D eigenvalue weighted by Gasteiger charge is -2.18. The monoisotopic (exact) mass is 262 g/mol.